The number of anilines is 1. The Hall–Kier alpha value is -3.71. The highest BCUT2D eigenvalue weighted by molar-refractivity contribution is 6.33. The van der Waals surface area contributed by atoms with Crippen molar-refractivity contribution >= 4 is 34.9 Å². The van der Waals surface area contributed by atoms with Crippen LogP contribution in [0.3, 0.4) is 0 Å². The number of hydrogen-bond acceptors (Lipinski definition) is 6. The number of azo groups is 1. The van der Waals surface area contributed by atoms with Crippen molar-refractivity contribution in [2.75, 3.05) is 12.6 Å². The maximum absolute atomic E-state index is 12.0. The first-order chi connectivity index (χ1) is 14.1. The molecule has 0 saturated heterocycles. The van der Waals surface area contributed by atoms with Crippen molar-refractivity contribution in [2.45, 2.75) is 0 Å². The van der Waals surface area contributed by atoms with E-state index in [4.69, 9.17) is 21.2 Å². The zero-order chi connectivity index (χ0) is 20.6. The maximum Gasteiger partial charge on any atom is 0.362 e. The fraction of sp³-hybridized carbons (Fsp3) is 0.0476. The van der Waals surface area contributed by atoms with Crippen LogP contribution in [0.25, 0.3) is 0 Å². The first-order valence-corrected chi connectivity index (χ1v) is 8.86. The van der Waals surface area contributed by atoms with Crippen LogP contribution < -0.4 is 10.2 Å². The molecule has 3 rings (SSSR count). The van der Waals surface area contributed by atoms with E-state index >= 15 is 0 Å². The van der Waals surface area contributed by atoms with E-state index in [9.17, 15) is 9.59 Å². The summed E-state index contributed by atoms with van der Waals surface area (Å²) in [6, 6.07) is 19.6. The van der Waals surface area contributed by atoms with E-state index in [1.807, 2.05) is 0 Å². The largest absolute Gasteiger partial charge is 0.497 e. The lowest BCUT2D eigenvalue weighted by Gasteiger charge is -2.07. The van der Waals surface area contributed by atoms with Gasteiger partial charge >= 0.3 is 5.97 Å². The SMILES string of the molecule is COc1ccc(C(=O)ONc2ccc(N=NC(=O)c3ccccc3Cl)cc2)cc1. The molecule has 0 saturated carbocycles. The van der Waals surface area contributed by atoms with E-state index in [2.05, 4.69) is 15.7 Å². The van der Waals surface area contributed by atoms with Crippen LogP contribution in [0.1, 0.15) is 20.7 Å². The molecular formula is C21H16ClN3O4. The third-order valence-corrected chi connectivity index (χ3v) is 4.14. The third-order valence-electron chi connectivity index (χ3n) is 3.82. The molecule has 3 aromatic carbocycles. The molecule has 0 radical (unpaired) electrons. The number of nitrogens with zero attached hydrogens (tertiary/aromatic N) is 2. The number of nitrogens with one attached hydrogen (secondary N) is 1. The van der Waals surface area contributed by atoms with Gasteiger partial charge in [-0.3, -0.25) is 4.79 Å². The van der Waals surface area contributed by atoms with Crippen molar-refractivity contribution in [3.63, 3.8) is 0 Å². The molecule has 0 aliphatic carbocycles. The minimum Gasteiger partial charge on any atom is -0.497 e. The topological polar surface area (TPSA) is 89.3 Å². The molecule has 29 heavy (non-hydrogen) atoms. The predicted octanol–water partition coefficient (Wildman–Crippen LogP) is 5.46. The predicted molar refractivity (Wildman–Crippen MR) is 109 cm³/mol. The minimum absolute atomic E-state index is 0.279. The molecule has 8 heteroatoms. The Balaban J connectivity index is 1.56. The van der Waals surface area contributed by atoms with Crippen LogP contribution in [0.15, 0.2) is 83.0 Å². The molecule has 0 heterocycles. The van der Waals surface area contributed by atoms with Gasteiger partial charge in [-0.1, -0.05) is 23.7 Å². The van der Waals surface area contributed by atoms with Crippen LogP contribution in [0.2, 0.25) is 5.02 Å². The summed E-state index contributed by atoms with van der Waals surface area (Å²) in [6.07, 6.45) is 0. The average Bonchev–Trinajstić information content (AvgIpc) is 2.77. The second-order valence-corrected chi connectivity index (χ2v) is 6.16. The third kappa shape index (κ3) is 5.40. The number of halogens is 1. The highest BCUT2D eigenvalue weighted by atomic mass is 35.5. The Labute approximate surface area is 171 Å². The molecule has 0 spiro atoms. The van der Waals surface area contributed by atoms with E-state index in [1.54, 1.807) is 79.9 Å². The maximum atomic E-state index is 12.0. The zero-order valence-corrected chi connectivity index (χ0v) is 16.1. The zero-order valence-electron chi connectivity index (χ0n) is 15.3. The van der Waals surface area contributed by atoms with Crippen LogP contribution >= 0.6 is 11.6 Å². The quantitative estimate of drug-likeness (QED) is 0.431. The van der Waals surface area contributed by atoms with Gasteiger partial charge in [-0.05, 0) is 60.7 Å². The number of benzene rings is 3. The van der Waals surface area contributed by atoms with Crippen LogP contribution in [0.5, 0.6) is 5.75 Å². The number of amides is 1. The Morgan fingerprint density at radius 1 is 0.931 bits per heavy atom. The van der Waals surface area contributed by atoms with Crippen molar-refractivity contribution in [1.82, 2.24) is 0 Å². The van der Waals surface area contributed by atoms with E-state index in [1.165, 1.54) is 0 Å². The summed E-state index contributed by atoms with van der Waals surface area (Å²) in [4.78, 5) is 29.1. The monoisotopic (exact) mass is 409 g/mol. The van der Waals surface area contributed by atoms with Crippen molar-refractivity contribution < 1.29 is 19.2 Å². The highest BCUT2D eigenvalue weighted by Crippen LogP contribution is 2.20. The van der Waals surface area contributed by atoms with Crippen LogP contribution in [0, 0.1) is 0 Å². The van der Waals surface area contributed by atoms with Crippen LogP contribution in [0.4, 0.5) is 11.4 Å². The Bertz CT molecular complexity index is 1030. The number of ether oxygens (including phenoxy) is 1. The van der Waals surface area contributed by atoms with Gasteiger partial charge in [0.1, 0.15) is 5.75 Å². The molecule has 0 aliphatic rings. The van der Waals surface area contributed by atoms with E-state index in [0.717, 1.165) is 0 Å². The normalized spacial score (nSPS) is 10.6. The van der Waals surface area contributed by atoms with Crippen molar-refractivity contribution in [3.8, 4) is 5.75 Å². The van der Waals surface area contributed by atoms with E-state index in [0.29, 0.717) is 27.7 Å². The second-order valence-electron chi connectivity index (χ2n) is 5.75. The van der Waals surface area contributed by atoms with Crippen molar-refractivity contribution in [2.24, 2.45) is 10.2 Å². The molecule has 0 aromatic heterocycles. The van der Waals surface area contributed by atoms with Gasteiger partial charge in [0.15, 0.2) is 0 Å². The van der Waals surface area contributed by atoms with Gasteiger partial charge in [0.25, 0.3) is 5.91 Å². The van der Waals surface area contributed by atoms with Crippen molar-refractivity contribution in [1.29, 1.82) is 0 Å². The minimum atomic E-state index is -0.540. The summed E-state index contributed by atoms with van der Waals surface area (Å²) in [5.74, 6) is -0.430. The molecule has 0 unspecified atom stereocenters. The standard InChI is InChI=1S/C21H16ClN3O4/c1-28-17-12-6-14(7-13-17)21(27)29-25-16-10-8-15(9-11-16)23-24-20(26)18-4-2-3-5-19(18)22/h2-13,25H,1H3. The average molecular weight is 410 g/mol. The molecule has 146 valence electrons. The van der Waals surface area contributed by atoms with Gasteiger partial charge in [-0.25, -0.2) is 10.3 Å². The number of hydrogen-bond donors (Lipinski definition) is 1. The number of carbonyl (C=O) groups is 2. The lowest BCUT2D eigenvalue weighted by atomic mass is 10.2. The summed E-state index contributed by atoms with van der Waals surface area (Å²) >= 11 is 5.96. The van der Waals surface area contributed by atoms with E-state index in [-0.39, 0.29) is 5.56 Å². The Morgan fingerprint density at radius 2 is 1.62 bits per heavy atom. The summed E-state index contributed by atoms with van der Waals surface area (Å²) in [5.41, 5.74) is 4.20. The molecule has 1 N–H and O–H groups in total. The van der Waals surface area contributed by atoms with Gasteiger partial charge in [0, 0.05) is 0 Å². The van der Waals surface area contributed by atoms with Gasteiger partial charge in [0.2, 0.25) is 0 Å². The molecule has 0 atom stereocenters. The molecule has 7 nitrogen and oxygen atoms in total. The molecule has 3 aromatic rings. The highest BCUT2D eigenvalue weighted by Gasteiger charge is 2.09. The molecule has 1 amide bonds. The summed E-state index contributed by atoms with van der Waals surface area (Å²) in [7, 11) is 1.55. The van der Waals surface area contributed by atoms with Crippen LogP contribution in [-0.4, -0.2) is 19.0 Å². The van der Waals surface area contributed by atoms with Crippen LogP contribution in [-0.2, 0) is 4.84 Å². The van der Waals surface area contributed by atoms with Crippen molar-refractivity contribution in [3.05, 3.63) is 88.9 Å². The van der Waals surface area contributed by atoms with Gasteiger partial charge in [-0.2, -0.15) is 0 Å². The molecular weight excluding hydrogens is 394 g/mol. The first-order valence-electron chi connectivity index (χ1n) is 8.49. The van der Waals surface area contributed by atoms with Gasteiger partial charge in [-0.15, -0.1) is 10.2 Å². The first kappa shape index (κ1) is 20.0. The Morgan fingerprint density at radius 3 is 2.28 bits per heavy atom. The fourth-order valence-electron chi connectivity index (χ4n) is 2.28. The number of rotatable bonds is 6. The fourth-order valence-corrected chi connectivity index (χ4v) is 2.50. The number of carbonyl (C=O) groups excluding carboxylic acids is 2. The molecule has 0 fully saturated rings. The van der Waals surface area contributed by atoms with Gasteiger partial charge in [0.05, 0.1) is 34.6 Å². The lowest BCUT2D eigenvalue weighted by molar-refractivity contribution is 0.0596. The molecule has 0 bridgehead atoms. The summed E-state index contributed by atoms with van der Waals surface area (Å²) in [6.45, 7) is 0. The van der Waals surface area contributed by atoms with Gasteiger partial charge < -0.3 is 9.57 Å². The smallest absolute Gasteiger partial charge is 0.362 e. The van der Waals surface area contributed by atoms with E-state index < -0.39 is 11.9 Å². The number of methoxy groups -OCH3 is 1. The second kappa shape index (κ2) is 9.48. The lowest BCUT2D eigenvalue weighted by Crippen LogP contribution is -2.10. The molecule has 0 aliphatic heterocycles. The summed E-state index contributed by atoms with van der Waals surface area (Å²) in [5, 5.41) is 7.88. The summed E-state index contributed by atoms with van der Waals surface area (Å²) < 4.78 is 5.04. The Kier molecular flexibility index (Phi) is 6.55.